The summed E-state index contributed by atoms with van der Waals surface area (Å²) in [5.74, 6) is -1.09. The van der Waals surface area contributed by atoms with E-state index in [0.717, 1.165) is 0 Å². The lowest BCUT2D eigenvalue weighted by atomic mass is 10.2. The predicted octanol–water partition coefficient (Wildman–Crippen LogP) is 1.07. The average Bonchev–Trinajstić information content (AvgIpc) is 2.74. The molecular weight excluding hydrogens is 248 g/mol. The maximum absolute atomic E-state index is 11.9. The Morgan fingerprint density at radius 3 is 2.58 bits per heavy atom. The van der Waals surface area contributed by atoms with Crippen molar-refractivity contribution in [1.82, 2.24) is 14.8 Å². The molecule has 0 saturated heterocycles. The zero-order valence-electron chi connectivity index (χ0n) is 10.4. The highest BCUT2D eigenvalue weighted by Crippen LogP contribution is 2.09. The van der Waals surface area contributed by atoms with Gasteiger partial charge in [0.15, 0.2) is 5.82 Å². The zero-order chi connectivity index (χ0) is 14.0. The Bertz CT molecular complexity index is 648. The van der Waals surface area contributed by atoms with Gasteiger partial charge in [-0.15, -0.1) is 0 Å². The van der Waals surface area contributed by atoms with Gasteiger partial charge in [-0.2, -0.15) is 5.10 Å². The summed E-state index contributed by atoms with van der Waals surface area (Å²) < 4.78 is 1.56. The topological polar surface area (TPSA) is 97.1 Å². The van der Waals surface area contributed by atoms with Crippen LogP contribution in [0.15, 0.2) is 24.4 Å². The molecule has 19 heavy (non-hydrogen) atoms. The number of nitrogens with one attached hydrogen (secondary N) is 1. The van der Waals surface area contributed by atoms with Crippen LogP contribution < -0.4 is 5.32 Å². The van der Waals surface area contributed by atoms with Gasteiger partial charge in [-0.1, -0.05) is 0 Å². The molecule has 0 fully saturated rings. The molecule has 7 heteroatoms. The van der Waals surface area contributed by atoms with Crippen molar-refractivity contribution in [2.75, 3.05) is 5.32 Å². The predicted molar refractivity (Wildman–Crippen MR) is 67.1 cm³/mol. The second-order valence-corrected chi connectivity index (χ2v) is 3.96. The lowest BCUT2D eigenvalue weighted by Gasteiger charge is -2.04. The standard InChI is InChI=1S/C12H12N4O3/c1-7-8(12(18)19)3-4-9(13-7)11(17)14-10-5-6-16(2)15-10/h3-6H,1-2H3,(H,18,19)(H,14,15,17). The third-order valence-corrected chi connectivity index (χ3v) is 2.50. The Hall–Kier alpha value is -2.70. The van der Waals surface area contributed by atoms with Crippen LogP contribution in [0, 0.1) is 6.92 Å². The molecule has 0 radical (unpaired) electrons. The van der Waals surface area contributed by atoms with E-state index in [1.54, 1.807) is 30.9 Å². The van der Waals surface area contributed by atoms with Crippen molar-refractivity contribution >= 4 is 17.7 Å². The minimum absolute atomic E-state index is 0.0781. The number of aryl methyl sites for hydroxylation is 2. The number of amides is 1. The van der Waals surface area contributed by atoms with Gasteiger partial charge >= 0.3 is 5.97 Å². The Labute approximate surface area is 108 Å². The highest BCUT2D eigenvalue weighted by atomic mass is 16.4. The van der Waals surface area contributed by atoms with E-state index >= 15 is 0 Å². The number of carbonyl (C=O) groups excluding carboxylic acids is 1. The molecule has 2 N–H and O–H groups in total. The molecule has 0 bridgehead atoms. The van der Waals surface area contributed by atoms with Gasteiger partial charge < -0.3 is 10.4 Å². The number of hydrogen-bond donors (Lipinski definition) is 2. The third kappa shape index (κ3) is 2.76. The molecule has 1 amide bonds. The minimum atomic E-state index is -1.07. The van der Waals surface area contributed by atoms with Crippen molar-refractivity contribution in [1.29, 1.82) is 0 Å². The molecule has 0 spiro atoms. The van der Waals surface area contributed by atoms with Gasteiger partial charge in [0.1, 0.15) is 5.69 Å². The van der Waals surface area contributed by atoms with E-state index in [1.165, 1.54) is 12.1 Å². The molecule has 0 atom stereocenters. The summed E-state index contributed by atoms with van der Waals surface area (Å²) in [6, 6.07) is 4.38. The second-order valence-electron chi connectivity index (χ2n) is 3.96. The van der Waals surface area contributed by atoms with Gasteiger partial charge in [0.05, 0.1) is 11.3 Å². The normalized spacial score (nSPS) is 10.2. The van der Waals surface area contributed by atoms with E-state index in [9.17, 15) is 9.59 Å². The molecular formula is C12H12N4O3. The van der Waals surface area contributed by atoms with E-state index < -0.39 is 11.9 Å². The van der Waals surface area contributed by atoms with Crippen LogP contribution >= 0.6 is 0 Å². The van der Waals surface area contributed by atoms with Gasteiger partial charge in [-0.3, -0.25) is 9.48 Å². The molecule has 2 aromatic heterocycles. The second kappa shape index (κ2) is 4.89. The first-order valence-electron chi connectivity index (χ1n) is 5.49. The van der Waals surface area contributed by atoms with Gasteiger partial charge in [-0.05, 0) is 19.1 Å². The van der Waals surface area contributed by atoms with Gasteiger partial charge in [-0.25, -0.2) is 9.78 Å². The minimum Gasteiger partial charge on any atom is -0.478 e. The zero-order valence-corrected chi connectivity index (χ0v) is 10.4. The number of nitrogens with zero attached hydrogens (tertiary/aromatic N) is 3. The summed E-state index contributed by atoms with van der Waals surface area (Å²) in [7, 11) is 1.74. The van der Waals surface area contributed by atoms with Crippen molar-refractivity contribution < 1.29 is 14.7 Å². The maximum Gasteiger partial charge on any atom is 0.337 e. The summed E-state index contributed by atoms with van der Waals surface area (Å²) in [4.78, 5) is 26.7. The number of aromatic nitrogens is 3. The molecule has 7 nitrogen and oxygen atoms in total. The summed E-state index contributed by atoms with van der Waals surface area (Å²) in [6.07, 6.45) is 1.70. The highest BCUT2D eigenvalue weighted by Gasteiger charge is 2.13. The van der Waals surface area contributed by atoms with Crippen LogP contribution in [0.1, 0.15) is 26.5 Å². The number of pyridine rings is 1. The summed E-state index contributed by atoms with van der Waals surface area (Å²) in [6.45, 7) is 1.54. The smallest absolute Gasteiger partial charge is 0.337 e. The number of rotatable bonds is 3. The molecule has 0 saturated carbocycles. The van der Waals surface area contributed by atoms with Crippen LogP contribution in [0.3, 0.4) is 0 Å². The fourth-order valence-corrected chi connectivity index (χ4v) is 1.58. The van der Waals surface area contributed by atoms with Crippen LogP contribution in [0.25, 0.3) is 0 Å². The Kier molecular flexibility index (Phi) is 3.28. The molecule has 98 valence electrons. The van der Waals surface area contributed by atoms with Crippen LogP contribution in [0.2, 0.25) is 0 Å². The maximum atomic E-state index is 11.9. The van der Waals surface area contributed by atoms with E-state index in [2.05, 4.69) is 15.4 Å². The van der Waals surface area contributed by atoms with Crippen molar-refractivity contribution in [3.63, 3.8) is 0 Å². The van der Waals surface area contributed by atoms with E-state index in [0.29, 0.717) is 11.5 Å². The number of aromatic carboxylic acids is 1. The lowest BCUT2D eigenvalue weighted by molar-refractivity contribution is 0.0695. The number of anilines is 1. The van der Waals surface area contributed by atoms with Crippen LogP contribution in [-0.4, -0.2) is 31.7 Å². The molecule has 0 aromatic carbocycles. The molecule has 0 aliphatic carbocycles. The first kappa shape index (κ1) is 12.7. The van der Waals surface area contributed by atoms with E-state index in [4.69, 9.17) is 5.11 Å². The molecule has 0 aliphatic rings. The van der Waals surface area contributed by atoms with Crippen LogP contribution in [-0.2, 0) is 7.05 Å². The summed E-state index contributed by atoms with van der Waals surface area (Å²) >= 11 is 0. The third-order valence-electron chi connectivity index (χ3n) is 2.50. The monoisotopic (exact) mass is 260 g/mol. The molecule has 2 rings (SSSR count). The first-order chi connectivity index (χ1) is 8.97. The van der Waals surface area contributed by atoms with Crippen molar-refractivity contribution in [3.8, 4) is 0 Å². The average molecular weight is 260 g/mol. The van der Waals surface area contributed by atoms with E-state index in [-0.39, 0.29) is 11.3 Å². The molecule has 0 aliphatic heterocycles. The van der Waals surface area contributed by atoms with Gasteiger partial charge in [0, 0.05) is 19.3 Å². The van der Waals surface area contributed by atoms with Crippen molar-refractivity contribution in [2.24, 2.45) is 7.05 Å². The number of carboxylic acids is 1. The fraction of sp³-hybridized carbons (Fsp3) is 0.167. The number of carbonyl (C=O) groups is 2. The molecule has 0 unspecified atom stereocenters. The number of hydrogen-bond acceptors (Lipinski definition) is 4. The lowest BCUT2D eigenvalue weighted by Crippen LogP contribution is -2.16. The van der Waals surface area contributed by atoms with Crippen LogP contribution in [0.5, 0.6) is 0 Å². The summed E-state index contributed by atoms with van der Waals surface area (Å²) in [5.41, 5.74) is 0.517. The Balaban J connectivity index is 2.20. The van der Waals surface area contributed by atoms with Gasteiger partial charge in [0.2, 0.25) is 0 Å². The Morgan fingerprint density at radius 2 is 2.05 bits per heavy atom. The van der Waals surface area contributed by atoms with E-state index in [1.807, 2.05) is 0 Å². The fourth-order valence-electron chi connectivity index (χ4n) is 1.58. The van der Waals surface area contributed by atoms with Crippen LogP contribution in [0.4, 0.5) is 5.82 Å². The Morgan fingerprint density at radius 1 is 1.32 bits per heavy atom. The molecule has 2 aromatic rings. The van der Waals surface area contributed by atoms with Crippen molar-refractivity contribution in [3.05, 3.63) is 41.3 Å². The summed E-state index contributed by atoms with van der Waals surface area (Å²) in [5, 5.41) is 15.5. The highest BCUT2D eigenvalue weighted by molar-refractivity contribution is 6.02. The SMILES string of the molecule is Cc1nc(C(=O)Nc2ccn(C)n2)ccc1C(=O)O. The largest absolute Gasteiger partial charge is 0.478 e. The van der Waals surface area contributed by atoms with Crippen molar-refractivity contribution in [2.45, 2.75) is 6.92 Å². The number of carboxylic acid groups (broad SMARTS) is 1. The quantitative estimate of drug-likeness (QED) is 0.860. The van der Waals surface area contributed by atoms with Gasteiger partial charge in [0.25, 0.3) is 5.91 Å². The molecule has 2 heterocycles. The first-order valence-corrected chi connectivity index (χ1v) is 5.49.